The molecule has 4 atom stereocenters. The number of ether oxygens (including phenoxy) is 1. The van der Waals surface area contributed by atoms with Gasteiger partial charge in [-0.3, -0.25) is 4.57 Å². The predicted octanol–water partition coefficient (Wildman–Crippen LogP) is -2.26. The maximum Gasteiger partial charge on any atom is 0.466 e. The van der Waals surface area contributed by atoms with Crippen molar-refractivity contribution >= 4 is 36.4 Å². The minimum Gasteiger partial charge on any atom is -0.394 e. The number of rotatable bonds is 2. The summed E-state index contributed by atoms with van der Waals surface area (Å²) in [6.45, 7) is -0.434. The summed E-state index contributed by atoms with van der Waals surface area (Å²) in [5, 5.41) is 28.9. The Kier molecular flexibility index (Phi) is 5.93. The van der Waals surface area contributed by atoms with Gasteiger partial charge in [0.2, 0.25) is 5.28 Å². The van der Waals surface area contributed by atoms with Crippen molar-refractivity contribution in [1.29, 1.82) is 0 Å². The van der Waals surface area contributed by atoms with Gasteiger partial charge in [0.05, 0.1) is 6.61 Å². The molecule has 3 rings (SSSR count). The van der Waals surface area contributed by atoms with Crippen LogP contribution in [0.3, 0.4) is 0 Å². The molecule has 140 valence electrons. The zero-order valence-corrected chi connectivity index (χ0v) is 13.9. The molecule has 0 spiro atoms. The van der Waals surface area contributed by atoms with Crippen LogP contribution in [0.2, 0.25) is 5.28 Å². The van der Waals surface area contributed by atoms with Crippen LogP contribution in [-0.2, 0) is 9.30 Å². The molecule has 1 fully saturated rings. The summed E-state index contributed by atoms with van der Waals surface area (Å²) in [6.07, 6.45) is -3.22. The Hall–Kier alpha value is -1.41. The van der Waals surface area contributed by atoms with Gasteiger partial charge in [0.15, 0.2) is 23.2 Å². The SMILES string of the molecule is Nc1ncnc2c1nc(Cl)n2[C@@H]1O[C@H](CO)[C@@H](O)[C@H]1O.O=P(O)(O)O. The Labute approximate surface area is 144 Å². The summed E-state index contributed by atoms with van der Waals surface area (Å²) in [4.78, 5) is 33.4. The molecule has 1 saturated heterocycles. The maximum atomic E-state index is 10.0. The second-order valence-electron chi connectivity index (χ2n) is 4.92. The monoisotopic (exact) mass is 399 g/mol. The number of aromatic nitrogens is 4. The normalized spacial score (nSPS) is 26.5. The van der Waals surface area contributed by atoms with Crippen molar-refractivity contribution in [2.24, 2.45) is 0 Å². The summed E-state index contributed by atoms with van der Waals surface area (Å²) in [7, 11) is -4.64. The van der Waals surface area contributed by atoms with E-state index in [9.17, 15) is 10.2 Å². The number of fused-ring (bicyclic) bond motifs is 1. The Bertz CT molecular complexity index is 791. The van der Waals surface area contributed by atoms with E-state index in [1.807, 2.05) is 0 Å². The lowest BCUT2D eigenvalue weighted by atomic mass is 10.1. The molecule has 2 aromatic heterocycles. The van der Waals surface area contributed by atoms with Crippen LogP contribution in [-0.4, -0.2) is 74.4 Å². The van der Waals surface area contributed by atoms with E-state index in [1.165, 1.54) is 10.9 Å². The minimum absolute atomic E-state index is 0.0120. The highest BCUT2D eigenvalue weighted by molar-refractivity contribution is 7.45. The first-order valence-corrected chi connectivity index (χ1v) is 8.53. The van der Waals surface area contributed by atoms with Crippen LogP contribution in [0.4, 0.5) is 5.82 Å². The number of hydrogen-bond donors (Lipinski definition) is 7. The van der Waals surface area contributed by atoms with Gasteiger partial charge in [-0.25, -0.2) is 19.5 Å². The van der Waals surface area contributed by atoms with Crippen LogP contribution >= 0.6 is 19.4 Å². The molecule has 1 aliphatic rings. The number of aliphatic hydroxyl groups excluding tert-OH is 3. The zero-order valence-electron chi connectivity index (χ0n) is 12.3. The zero-order chi connectivity index (χ0) is 18.9. The fourth-order valence-corrected chi connectivity index (χ4v) is 2.48. The molecule has 0 amide bonds. The van der Waals surface area contributed by atoms with E-state index in [-0.39, 0.29) is 22.3 Å². The smallest absolute Gasteiger partial charge is 0.394 e. The molecule has 0 unspecified atom stereocenters. The summed E-state index contributed by atoms with van der Waals surface area (Å²) in [5.41, 5.74) is 6.22. The third kappa shape index (κ3) is 4.41. The number of hydrogen-bond acceptors (Lipinski definition) is 9. The van der Waals surface area contributed by atoms with Crippen molar-refractivity contribution in [2.75, 3.05) is 12.3 Å². The molecule has 0 bridgehead atoms. The van der Waals surface area contributed by atoms with Crippen LogP contribution in [0.1, 0.15) is 6.23 Å². The summed E-state index contributed by atoms with van der Waals surface area (Å²) in [6, 6.07) is 0. The lowest BCUT2D eigenvalue weighted by molar-refractivity contribution is -0.0509. The maximum absolute atomic E-state index is 10.0. The molecule has 2 aromatic rings. The van der Waals surface area contributed by atoms with Gasteiger partial charge in [-0.1, -0.05) is 0 Å². The van der Waals surface area contributed by atoms with Gasteiger partial charge in [0.1, 0.15) is 24.6 Å². The molecule has 3 heterocycles. The lowest BCUT2D eigenvalue weighted by Crippen LogP contribution is -2.33. The van der Waals surface area contributed by atoms with Gasteiger partial charge in [-0.05, 0) is 11.6 Å². The minimum atomic E-state index is -4.64. The number of halogens is 1. The molecule has 0 aromatic carbocycles. The van der Waals surface area contributed by atoms with Crippen LogP contribution in [0.15, 0.2) is 6.33 Å². The number of nitrogens with two attached hydrogens (primary N) is 1. The Morgan fingerprint density at radius 3 is 2.40 bits per heavy atom. The fourth-order valence-electron chi connectivity index (χ4n) is 2.22. The number of anilines is 1. The van der Waals surface area contributed by atoms with Crippen molar-refractivity contribution in [2.45, 2.75) is 24.5 Å². The first-order chi connectivity index (χ1) is 11.5. The first-order valence-electron chi connectivity index (χ1n) is 6.59. The number of aliphatic hydroxyl groups is 3. The van der Waals surface area contributed by atoms with E-state index >= 15 is 0 Å². The van der Waals surface area contributed by atoms with Crippen LogP contribution in [0.5, 0.6) is 0 Å². The van der Waals surface area contributed by atoms with E-state index in [4.69, 9.17) is 46.4 Å². The number of phosphoric acid groups is 1. The molecule has 0 aliphatic carbocycles. The van der Waals surface area contributed by atoms with Crippen molar-refractivity contribution in [3.63, 3.8) is 0 Å². The third-order valence-electron chi connectivity index (χ3n) is 3.23. The van der Waals surface area contributed by atoms with Gasteiger partial charge >= 0.3 is 7.82 Å². The quantitative estimate of drug-likeness (QED) is 0.210. The van der Waals surface area contributed by atoms with Gasteiger partial charge < -0.3 is 40.5 Å². The number of imidazole rings is 1. The second kappa shape index (κ2) is 7.45. The Morgan fingerprint density at radius 1 is 1.28 bits per heavy atom. The molecule has 0 saturated carbocycles. The van der Waals surface area contributed by atoms with Crippen LogP contribution in [0, 0.1) is 0 Å². The van der Waals surface area contributed by atoms with Gasteiger partial charge in [-0.15, -0.1) is 0 Å². The summed E-state index contributed by atoms with van der Waals surface area (Å²) in [5.74, 6) is 0.141. The van der Waals surface area contributed by atoms with Crippen molar-refractivity contribution in [1.82, 2.24) is 19.5 Å². The topological polar surface area (TPSA) is 217 Å². The summed E-state index contributed by atoms with van der Waals surface area (Å²) >= 11 is 6.02. The largest absolute Gasteiger partial charge is 0.466 e. The highest BCUT2D eigenvalue weighted by Crippen LogP contribution is 2.34. The highest BCUT2D eigenvalue weighted by Gasteiger charge is 2.44. The predicted molar refractivity (Wildman–Crippen MR) is 82.0 cm³/mol. The van der Waals surface area contributed by atoms with Crippen molar-refractivity contribution in [3.8, 4) is 0 Å². The van der Waals surface area contributed by atoms with E-state index in [2.05, 4.69) is 15.0 Å². The molecule has 13 nitrogen and oxygen atoms in total. The standard InChI is InChI=1S/C10H12ClN5O4.H3O4P/c11-10-15-4-7(12)13-2-14-8(4)16(10)9-6(19)5(18)3(1-17)20-9;1-5(2,3)4/h2-3,5-6,9,17-19H,1H2,(H2,12,13,14);(H3,1,2,3,4)/t3-,5-,6-,9-;/m1./s1. The Balaban J connectivity index is 0.000000399. The van der Waals surface area contributed by atoms with E-state index in [0.29, 0.717) is 0 Å². The summed E-state index contributed by atoms with van der Waals surface area (Å²) < 4.78 is 15.6. The van der Waals surface area contributed by atoms with E-state index in [1.54, 1.807) is 0 Å². The molecule has 15 heteroatoms. The van der Waals surface area contributed by atoms with Gasteiger partial charge in [0, 0.05) is 0 Å². The van der Waals surface area contributed by atoms with Crippen molar-refractivity contribution in [3.05, 3.63) is 11.6 Å². The van der Waals surface area contributed by atoms with E-state index in [0.717, 1.165) is 0 Å². The highest BCUT2D eigenvalue weighted by atomic mass is 35.5. The molecule has 0 radical (unpaired) electrons. The molecular formula is C10H15ClN5O8P. The second-order valence-corrected chi connectivity index (χ2v) is 6.29. The average Bonchev–Trinajstić information content (AvgIpc) is 2.96. The molecule has 25 heavy (non-hydrogen) atoms. The Morgan fingerprint density at radius 2 is 1.88 bits per heavy atom. The van der Waals surface area contributed by atoms with Crippen LogP contribution in [0.25, 0.3) is 11.2 Å². The number of nitrogens with zero attached hydrogens (tertiary/aromatic N) is 4. The molecular weight excluding hydrogens is 385 g/mol. The fraction of sp³-hybridized carbons (Fsp3) is 0.500. The third-order valence-corrected chi connectivity index (χ3v) is 3.50. The van der Waals surface area contributed by atoms with Gasteiger partial charge in [-0.2, -0.15) is 0 Å². The molecule has 1 aliphatic heterocycles. The van der Waals surface area contributed by atoms with Crippen molar-refractivity contribution < 1.29 is 39.3 Å². The average molecular weight is 400 g/mol. The van der Waals surface area contributed by atoms with Gasteiger partial charge in [0.25, 0.3) is 0 Å². The molecule has 8 N–H and O–H groups in total. The first kappa shape index (κ1) is 19.9. The van der Waals surface area contributed by atoms with E-state index < -0.39 is 39.0 Å². The van der Waals surface area contributed by atoms with Crippen LogP contribution < -0.4 is 5.73 Å². The number of nitrogen functional groups attached to an aromatic ring is 1. The lowest BCUT2D eigenvalue weighted by Gasteiger charge is -2.17.